The lowest BCUT2D eigenvalue weighted by atomic mass is 9.98. The Balaban J connectivity index is 3.08. The largest absolute Gasteiger partial charge is 0.120 e. The molecule has 0 aromatic carbocycles. The van der Waals surface area contributed by atoms with Crippen LogP contribution in [-0.4, -0.2) is 0 Å². The van der Waals surface area contributed by atoms with Crippen LogP contribution in [0.2, 0.25) is 0 Å². The molecule has 1 unspecified atom stereocenters. The molecular weight excluding hydrogens is 180 g/mol. The van der Waals surface area contributed by atoms with Gasteiger partial charge in [-0.15, -0.1) is 12.3 Å². The summed E-state index contributed by atoms with van der Waals surface area (Å²) in [5.74, 6) is 3.40. The second-order valence-corrected chi connectivity index (χ2v) is 4.54. The minimum Gasteiger partial charge on any atom is -0.120 e. The van der Waals surface area contributed by atoms with Gasteiger partial charge >= 0.3 is 0 Å². The Bertz CT molecular complexity index is 152. The van der Waals surface area contributed by atoms with Crippen LogP contribution >= 0.6 is 0 Å². The van der Waals surface area contributed by atoms with Crippen LogP contribution in [0.4, 0.5) is 0 Å². The Morgan fingerprint density at radius 2 is 1.40 bits per heavy atom. The van der Waals surface area contributed by atoms with E-state index in [4.69, 9.17) is 6.42 Å². The Hall–Kier alpha value is -0.440. The van der Waals surface area contributed by atoms with E-state index < -0.39 is 0 Å². The molecule has 1 atom stereocenters. The lowest BCUT2D eigenvalue weighted by Crippen LogP contribution is -1.94. The number of terminal acetylenes is 1. The maximum absolute atomic E-state index is 5.43. The van der Waals surface area contributed by atoms with E-state index in [1.165, 1.54) is 57.8 Å². The van der Waals surface area contributed by atoms with Crippen LogP contribution < -0.4 is 0 Å². The summed E-state index contributed by atoms with van der Waals surface area (Å²) in [5.41, 5.74) is 0. The molecule has 0 rings (SSSR count). The molecular formula is C15H28. The molecule has 0 aromatic rings. The molecule has 0 saturated heterocycles. The Morgan fingerprint density at radius 1 is 0.867 bits per heavy atom. The molecule has 0 heterocycles. The van der Waals surface area contributed by atoms with Gasteiger partial charge in [0, 0.05) is 5.92 Å². The van der Waals surface area contributed by atoms with Crippen LogP contribution in [0.15, 0.2) is 0 Å². The topological polar surface area (TPSA) is 0 Å². The second-order valence-electron chi connectivity index (χ2n) is 4.54. The van der Waals surface area contributed by atoms with Crippen LogP contribution in [0.5, 0.6) is 0 Å². The van der Waals surface area contributed by atoms with Crippen molar-refractivity contribution in [2.75, 3.05) is 0 Å². The normalized spacial score (nSPS) is 12.3. The highest BCUT2D eigenvalue weighted by atomic mass is 14.0. The van der Waals surface area contributed by atoms with Gasteiger partial charge in [0.25, 0.3) is 0 Å². The minimum absolute atomic E-state index is 0.532. The average Bonchev–Trinajstić information content (AvgIpc) is 2.27. The quantitative estimate of drug-likeness (QED) is 0.343. The van der Waals surface area contributed by atoms with Crippen molar-refractivity contribution in [1.29, 1.82) is 0 Å². The molecule has 0 nitrogen and oxygen atoms in total. The van der Waals surface area contributed by atoms with Crippen molar-refractivity contribution in [3.8, 4) is 12.3 Å². The SMILES string of the molecule is C#CC(CC)CCCCCCCCCC. The van der Waals surface area contributed by atoms with Crippen molar-refractivity contribution < 1.29 is 0 Å². The molecule has 0 saturated carbocycles. The van der Waals surface area contributed by atoms with Gasteiger partial charge in [-0.05, 0) is 12.8 Å². The summed E-state index contributed by atoms with van der Waals surface area (Å²) in [6.07, 6.45) is 19.0. The fraction of sp³-hybridized carbons (Fsp3) is 0.867. The lowest BCUT2D eigenvalue weighted by Gasteiger charge is -2.06. The van der Waals surface area contributed by atoms with Crippen molar-refractivity contribution in [2.24, 2.45) is 5.92 Å². The standard InChI is InChI=1S/C15H28/c1-4-7-8-9-10-11-12-13-14-15(5-2)6-3/h2,15H,4,6-14H2,1,3H3. The fourth-order valence-corrected chi connectivity index (χ4v) is 1.93. The first kappa shape index (κ1) is 14.6. The zero-order valence-corrected chi connectivity index (χ0v) is 10.7. The smallest absolute Gasteiger partial charge is 0.0197 e. The first-order valence-electron chi connectivity index (χ1n) is 6.81. The molecule has 0 aliphatic carbocycles. The van der Waals surface area contributed by atoms with Gasteiger partial charge < -0.3 is 0 Å². The number of rotatable bonds is 10. The second kappa shape index (κ2) is 11.6. The monoisotopic (exact) mass is 208 g/mol. The molecule has 0 amide bonds. The molecule has 0 bridgehead atoms. The maximum Gasteiger partial charge on any atom is 0.0197 e. The van der Waals surface area contributed by atoms with Crippen LogP contribution in [0, 0.1) is 18.3 Å². The van der Waals surface area contributed by atoms with Crippen molar-refractivity contribution in [2.45, 2.75) is 78.1 Å². The maximum atomic E-state index is 5.43. The van der Waals surface area contributed by atoms with Crippen molar-refractivity contribution in [3.63, 3.8) is 0 Å². The Morgan fingerprint density at radius 3 is 1.87 bits per heavy atom. The zero-order chi connectivity index (χ0) is 11.4. The molecule has 0 aliphatic heterocycles. The highest BCUT2D eigenvalue weighted by Gasteiger charge is 2.00. The average molecular weight is 208 g/mol. The summed E-state index contributed by atoms with van der Waals surface area (Å²) in [7, 11) is 0. The predicted octanol–water partition coefficient (Wildman–Crippen LogP) is 5.18. The molecule has 88 valence electrons. The van der Waals surface area contributed by atoms with Crippen molar-refractivity contribution in [1.82, 2.24) is 0 Å². The van der Waals surface area contributed by atoms with Gasteiger partial charge in [0.2, 0.25) is 0 Å². The molecule has 0 aromatic heterocycles. The van der Waals surface area contributed by atoms with Gasteiger partial charge in [0.1, 0.15) is 0 Å². The van der Waals surface area contributed by atoms with Crippen LogP contribution in [-0.2, 0) is 0 Å². The Labute approximate surface area is 96.8 Å². The highest BCUT2D eigenvalue weighted by molar-refractivity contribution is 4.91. The molecule has 0 aliphatic rings. The molecule has 0 spiro atoms. The van der Waals surface area contributed by atoms with E-state index in [1.807, 2.05) is 0 Å². The summed E-state index contributed by atoms with van der Waals surface area (Å²) in [6, 6.07) is 0. The molecule has 15 heavy (non-hydrogen) atoms. The van der Waals surface area contributed by atoms with Gasteiger partial charge in [-0.2, -0.15) is 0 Å². The first-order valence-corrected chi connectivity index (χ1v) is 6.81. The van der Waals surface area contributed by atoms with Crippen molar-refractivity contribution in [3.05, 3.63) is 0 Å². The third kappa shape index (κ3) is 9.85. The van der Waals surface area contributed by atoms with E-state index in [0.29, 0.717) is 5.92 Å². The van der Waals surface area contributed by atoms with E-state index in [9.17, 15) is 0 Å². The summed E-state index contributed by atoms with van der Waals surface area (Å²) in [4.78, 5) is 0. The third-order valence-electron chi connectivity index (χ3n) is 3.13. The van der Waals surface area contributed by atoms with E-state index in [-0.39, 0.29) is 0 Å². The number of hydrogen-bond donors (Lipinski definition) is 0. The molecule has 0 fully saturated rings. The van der Waals surface area contributed by atoms with Gasteiger partial charge in [-0.1, -0.05) is 65.2 Å². The summed E-state index contributed by atoms with van der Waals surface area (Å²) < 4.78 is 0. The van der Waals surface area contributed by atoms with Crippen LogP contribution in [0.25, 0.3) is 0 Å². The third-order valence-corrected chi connectivity index (χ3v) is 3.13. The molecule has 0 N–H and O–H groups in total. The number of hydrogen-bond acceptors (Lipinski definition) is 0. The zero-order valence-electron chi connectivity index (χ0n) is 10.7. The first-order chi connectivity index (χ1) is 7.35. The molecule has 0 radical (unpaired) electrons. The van der Waals surface area contributed by atoms with Crippen LogP contribution in [0.1, 0.15) is 78.1 Å². The van der Waals surface area contributed by atoms with E-state index in [2.05, 4.69) is 19.8 Å². The van der Waals surface area contributed by atoms with E-state index >= 15 is 0 Å². The van der Waals surface area contributed by atoms with Crippen LogP contribution in [0.3, 0.4) is 0 Å². The Kier molecular flexibility index (Phi) is 11.3. The lowest BCUT2D eigenvalue weighted by molar-refractivity contribution is 0.514. The van der Waals surface area contributed by atoms with Crippen molar-refractivity contribution >= 4 is 0 Å². The summed E-state index contributed by atoms with van der Waals surface area (Å²) in [6.45, 7) is 4.46. The predicted molar refractivity (Wildman–Crippen MR) is 69.8 cm³/mol. The van der Waals surface area contributed by atoms with Gasteiger partial charge in [-0.3, -0.25) is 0 Å². The van der Waals surface area contributed by atoms with Gasteiger partial charge in [0.05, 0.1) is 0 Å². The molecule has 0 heteroatoms. The fourth-order valence-electron chi connectivity index (χ4n) is 1.93. The summed E-state index contributed by atoms with van der Waals surface area (Å²) >= 11 is 0. The van der Waals surface area contributed by atoms with Gasteiger partial charge in [-0.25, -0.2) is 0 Å². The number of unbranched alkanes of at least 4 members (excludes halogenated alkanes) is 7. The highest BCUT2D eigenvalue weighted by Crippen LogP contribution is 2.14. The summed E-state index contributed by atoms with van der Waals surface area (Å²) in [5, 5.41) is 0. The van der Waals surface area contributed by atoms with E-state index in [0.717, 1.165) is 6.42 Å². The van der Waals surface area contributed by atoms with E-state index in [1.54, 1.807) is 0 Å². The minimum atomic E-state index is 0.532. The van der Waals surface area contributed by atoms with Gasteiger partial charge in [0.15, 0.2) is 0 Å².